The third kappa shape index (κ3) is 5.53. The summed E-state index contributed by atoms with van der Waals surface area (Å²) in [5, 5.41) is 11.3. The van der Waals surface area contributed by atoms with Crippen LogP contribution in [0.2, 0.25) is 0 Å². The van der Waals surface area contributed by atoms with Gasteiger partial charge in [0.15, 0.2) is 0 Å². The number of rotatable bonds is 7. The number of carboxylic acid groups (broad SMARTS) is 1. The van der Waals surface area contributed by atoms with E-state index in [4.69, 9.17) is 5.11 Å². The van der Waals surface area contributed by atoms with Crippen LogP contribution in [0.5, 0.6) is 0 Å². The van der Waals surface area contributed by atoms with Gasteiger partial charge in [0.2, 0.25) is 0 Å². The van der Waals surface area contributed by atoms with Crippen LogP contribution in [0.15, 0.2) is 0 Å². The fourth-order valence-electron chi connectivity index (χ4n) is 1.05. The highest BCUT2D eigenvalue weighted by atomic mass is 16.5. The molecule has 0 aromatic heterocycles. The van der Waals surface area contributed by atoms with Crippen molar-refractivity contribution in [2.24, 2.45) is 0 Å². The van der Waals surface area contributed by atoms with Gasteiger partial charge in [-0.25, -0.2) is 0 Å². The second-order valence-electron chi connectivity index (χ2n) is 2.94. The van der Waals surface area contributed by atoms with Crippen molar-refractivity contribution in [1.82, 2.24) is 5.32 Å². The molecule has 0 aliphatic rings. The number of carboxylic acids is 1. The second kappa shape index (κ2) is 7.32. The third-order valence-corrected chi connectivity index (χ3v) is 1.85. The molecular formula is C9H17NO4. The maximum absolute atomic E-state index is 11.1. The van der Waals surface area contributed by atoms with Gasteiger partial charge < -0.3 is 15.2 Å². The van der Waals surface area contributed by atoms with Gasteiger partial charge in [-0.2, -0.15) is 0 Å². The molecule has 5 nitrogen and oxygen atoms in total. The average Bonchev–Trinajstić information content (AvgIpc) is 2.16. The van der Waals surface area contributed by atoms with Gasteiger partial charge in [0.05, 0.1) is 7.11 Å². The van der Waals surface area contributed by atoms with Crippen LogP contribution in [0.25, 0.3) is 0 Å². The number of hydrogen-bond acceptors (Lipinski definition) is 4. The Labute approximate surface area is 83.4 Å². The largest absolute Gasteiger partial charge is 0.481 e. The van der Waals surface area contributed by atoms with Gasteiger partial charge in [0.1, 0.15) is 6.04 Å². The molecule has 0 aliphatic heterocycles. The van der Waals surface area contributed by atoms with Crippen molar-refractivity contribution >= 4 is 11.9 Å². The third-order valence-electron chi connectivity index (χ3n) is 1.85. The monoisotopic (exact) mass is 203 g/mol. The molecule has 0 spiro atoms. The molecule has 0 amide bonds. The minimum Gasteiger partial charge on any atom is -0.481 e. The van der Waals surface area contributed by atoms with E-state index in [1.165, 1.54) is 7.11 Å². The van der Waals surface area contributed by atoms with Crippen molar-refractivity contribution in [3.63, 3.8) is 0 Å². The second-order valence-corrected chi connectivity index (χ2v) is 2.94. The van der Waals surface area contributed by atoms with E-state index in [2.05, 4.69) is 10.1 Å². The lowest BCUT2D eigenvalue weighted by molar-refractivity contribution is -0.143. The Morgan fingerprint density at radius 2 is 2.14 bits per heavy atom. The smallest absolute Gasteiger partial charge is 0.322 e. The molecule has 0 bridgehead atoms. The van der Waals surface area contributed by atoms with E-state index in [0.29, 0.717) is 19.4 Å². The molecule has 0 rings (SSSR count). The summed E-state index contributed by atoms with van der Waals surface area (Å²) in [6.07, 6.45) is 1.27. The molecule has 14 heavy (non-hydrogen) atoms. The van der Waals surface area contributed by atoms with Crippen LogP contribution < -0.4 is 5.32 Å². The van der Waals surface area contributed by atoms with E-state index in [-0.39, 0.29) is 18.4 Å². The van der Waals surface area contributed by atoms with E-state index in [9.17, 15) is 9.59 Å². The zero-order valence-electron chi connectivity index (χ0n) is 8.58. The summed E-state index contributed by atoms with van der Waals surface area (Å²) < 4.78 is 4.56. The van der Waals surface area contributed by atoms with Crippen molar-refractivity contribution in [2.45, 2.75) is 32.2 Å². The summed E-state index contributed by atoms with van der Waals surface area (Å²) in [5.41, 5.74) is 0. The predicted octanol–water partition coefficient (Wildman–Crippen LogP) is 0.392. The van der Waals surface area contributed by atoms with E-state index in [1.54, 1.807) is 0 Å². The standard InChI is InChI=1S/C9H17NO4/c1-3-7(9(13)14-2)10-6-4-5-8(11)12/h7,10H,3-6H2,1-2H3,(H,11,12). The van der Waals surface area contributed by atoms with Gasteiger partial charge in [0, 0.05) is 6.42 Å². The topological polar surface area (TPSA) is 75.6 Å². The maximum Gasteiger partial charge on any atom is 0.322 e. The van der Waals surface area contributed by atoms with Crippen LogP contribution in [0.4, 0.5) is 0 Å². The van der Waals surface area contributed by atoms with Gasteiger partial charge in [-0.05, 0) is 19.4 Å². The molecular weight excluding hydrogens is 186 g/mol. The van der Waals surface area contributed by atoms with Gasteiger partial charge in [-0.15, -0.1) is 0 Å². The molecule has 0 saturated carbocycles. The highest BCUT2D eigenvalue weighted by molar-refractivity contribution is 5.75. The van der Waals surface area contributed by atoms with Crippen LogP contribution in [-0.4, -0.2) is 36.7 Å². The molecule has 1 unspecified atom stereocenters. The van der Waals surface area contributed by atoms with E-state index in [1.807, 2.05) is 6.92 Å². The normalized spacial score (nSPS) is 12.1. The van der Waals surface area contributed by atoms with Crippen molar-refractivity contribution in [3.8, 4) is 0 Å². The van der Waals surface area contributed by atoms with E-state index in [0.717, 1.165) is 0 Å². The zero-order valence-corrected chi connectivity index (χ0v) is 8.58. The fraction of sp³-hybridized carbons (Fsp3) is 0.778. The lowest BCUT2D eigenvalue weighted by Crippen LogP contribution is -2.37. The molecule has 0 aromatic carbocycles. The summed E-state index contributed by atoms with van der Waals surface area (Å²) >= 11 is 0. The van der Waals surface area contributed by atoms with Crippen LogP contribution in [0.3, 0.4) is 0 Å². The van der Waals surface area contributed by atoms with Crippen LogP contribution >= 0.6 is 0 Å². The Morgan fingerprint density at radius 1 is 1.50 bits per heavy atom. The molecule has 0 saturated heterocycles. The number of hydrogen-bond donors (Lipinski definition) is 2. The zero-order chi connectivity index (χ0) is 11.0. The van der Waals surface area contributed by atoms with Gasteiger partial charge >= 0.3 is 11.9 Å². The number of carbonyl (C=O) groups excluding carboxylic acids is 1. The highest BCUT2D eigenvalue weighted by Crippen LogP contribution is 1.95. The number of aliphatic carboxylic acids is 1. The molecule has 0 heterocycles. The quantitative estimate of drug-likeness (QED) is 0.462. The lowest BCUT2D eigenvalue weighted by Gasteiger charge is -2.13. The van der Waals surface area contributed by atoms with Crippen molar-refractivity contribution in [2.75, 3.05) is 13.7 Å². The van der Waals surface area contributed by atoms with Crippen molar-refractivity contribution < 1.29 is 19.4 Å². The summed E-state index contributed by atoms with van der Waals surface area (Å²) in [6.45, 7) is 2.38. The number of methoxy groups -OCH3 is 1. The van der Waals surface area contributed by atoms with E-state index >= 15 is 0 Å². The Balaban J connectivity index is 3.63. The first-order valence-corrected chi connectivity index (χ1v) is 4.64. The Hall–Kier alpha value is -1.10. The van der Waals surface area contributed by atoms with Crippen molar-refractivity contribution in [3.05, 3.63) is 0 Å². The molecule has 0 radical (unpaired) electrons. The first kappa shape index (κ1) is 12.9. The van der Waals surface area contributed by atoms with Gasteiger partial charge in [-0.1, -0.05) is 6.92 Å². The number of esters is 1. The fourth-order valence-corrected chi connectivity index (χ4v) is 1.05. The Kier molecular flexibility index (Phi) is 6.74. The van der Waals surface area contributed by atoms with Crippen LogP contribution in [-0.2, 0) is 14.3 Å². The minimum atomic E-state index is -0.821. The van der Waals surface area contributed by atoms with Crippen LogP contribution in [0, 0.1) is 0 Å². The number of carbonyl (C=O) groups is 2. The minimum absolute atomic E-state index is 0.116. The average molecular weight is 203 g/mol. The highest BCUT2D eigenvalue weighted by Gasteiger charge is 2.15. The maximum atomic E-state index is 11.1. The molecule has 1 atom stereocenters. The molecule has 82 valence electrons. The molecule has 0 fully saturated rings. The van der Waals surface area contributed by atoms with E-state index < -0.39 is 5.97 Å². The summed E-state index contributed by atoms with van der Waals surface area (Å²) in [6, 6.07) is -0.325. The molecule has 0 aromatic rings. The molecule has 5 heteroatoms. The molecule has 2 N–H and O–H groups in total. The van der Waals surface area contributed by atoms with Gasteiger partial charge in [-0.3, -0.25) is 9.59 Å². The molecule has 0 aliphatic carbocycles. The summed E-state index contributed by atoms with van der Waals surface area (Å²) in [4.78, 5) is 21.3. The summed E-state index contributed by atoms with van der Waals surface area (Å²) in [5.74, 6) is -1.12. The van der Waals surface area contributed by atoms with Gasteiger partial charge in [0.25, 0.3) is 0 Å². The first-order valence-electron chi connectivity index (χ1n) is 4.64. The lowest BCUT2D eigenvalue weighted by atomic mass is 10.2. The van der Waals surface area contributed by atoms with Crippen molar-refractivity contribution in [1.29, 1.82) is 0 Å². The number of ether oxygens (including phenoxy) is 1. The van der Waals surface area contributed by atoms with Crippen LogP contribution in [0.1, 0.15) is 26.2 Å². The predicted molar refractivity (Wildman–Crippen MR) is 51.0 cm³/mol. The first-order chi connectivity index (χ1) is 6.61. The Morgan fingerprint density at radius 3 is 2.57 bits per heavy atom. The Bertz CT molecular complexity index is 193. The summed E-state index contributed by atoms with van der Waals surface area (Å²) in [7, 11) is 1.34. The SMILES string of the molecule is CCC(NCCCC(=O)O)C(=O)OC. The number of nitrogens with one attached hydrogen (secondary N) is 1.